The summed E-state index contributed by atoms with van der Waals surface area (Å²) in [4.78, 5) is 2.41. The molecule has 65 heavy (non-hydrogen) atoms. The van der Waals surface area contributed by atoms with Gasteiger partial charge in [0.05, 0.1) is 5.69 Å². The topological polar surface area (TPSA) is 28.4 Å². The van der Waals surface area contributed by atoms with Crippen LogP contribution in [-0.2, 0) is 6.42 Å². The summed E-state index contributed by atoms with van der Waals surface area (Å²) in [5.41, 5.74) is 19.0. The maximum atomic E-state index is 6.58. The van der Waals surface area contributed by atoms with Crippen LogP contribution in [0.1, 0.15) is 17.5 Å². The number of hydrogen-bond donors (Lipinski definition) is 1. The monoisotopic (exact) mass is 832 g/mol. The van der Waals surface area contributed by atoms with Gasteiger partial charge in [0, 0.05) is 55.8 Å². The average molecular weight is 833 g/mol. The molecule has 1 aliphatic carbocycles. The van der Waals surface area contributed by atoms with E-state index in [2.05, 4.69) is 241 Å². The highest BCUT2D eigenvalue weighted by atomic mass is 16.3. The minimum Gasteiger partial charge on any atom is -0.455 e. The predicted molar refractivity (Wildman–Crippen MR) is 275 cm³/mol. The van der Waals surface area contributed by atoms with Gasteiger partial charge in [-0.05, 0) is 112 Å². The van der Waals surface area contributed by atoms with Gasteiger partial charge in [-0.3, -0.25) is 0 Å². The van der Waals surface area contributed by atoms with E-state index in [1.165, 1.54) is 38.6 Å². The van der Waals surface area contributed by atoms with E-state index in [1.54, 1.807) is 0 Å². The van der Waals surface area contributed by atoms with Crippen LogP contribution in [-0.4, -0.2) is 0 Å². The minimum absolute atomic E-state index is 0.893. The molecular weight excluding hydrogens is 789 g/mol. The molecule has 3 nitrogen and oxygen atoms in total. The van der Waals surface area contributed by atoms with Crippen molar-refractivity contribution in [2.75, 3.05) is 10.2 Å². The second-order valence-corrected chi connectivity index (χ2v) is 16.8. The van der Waals surface area contributed by atoms with Crippen molar-refractivity contribution in [1.82, 2.24) is 0 Å². The fourth-order valence-corrected chi connectivity index (χ4v) is 9.90. The summed E-state index contributed by atoms with van der Waals surface area (Å²) in [6, 6.07) is 80.6. The molecule has 0 spiro atoms. The van der Waals surface area contributed by atoms with Crippen LogP contribution < -0.4 is 10.2 Å². The van der Waals surface area contributed by atoms with Crippen molar-refractivity contribution >= 4 is 67.2 Å². The van der Waals surface area contributed by atoms with Crippen molar-refractivity contribution in [1.29, 1.82) is 0 Å². The molecule has 1 aliphatic rings. The van der Waals surface area contributed by atoms with Crippen LogP contribution >= 0.6 is 0 Å². The van der Waals surface area contributed by atoms with E-state index < -0.39 is 0 Å². The van der Waals surface area contributed by atoms with E-state index in [0.29, 0.717) is 0 Å². The summed E-state index contributed by atoms with van der Waals surface area (Å²) in [6.07, 6.45) is 6.72. The van der Waals surface area contributed by atoms with Gasteiger partial charge in [-0.15, -0.1) is 0 Å². The predicted octanol–water partition coefficient (Wildman–Crippen LogP) is 17.6. The van der Waals surface area contributed by atoms with E-state index in [0.717, 1.165) is 91.0 Å². The Hall–Kier alpha value is -8.40. The Morgan fingerprint density at radius 2 is 1.05 bits per heavy atom. The van der Waals surface area contributed by atoms with E-state index >= 15 is 0 Å². The van der Waals surface area contributed by atoms with Gasteiger partial charge in [0.1, 0.15) is 11.2 Å². The van der Waals surface area contributed by atoms with Crippen molar-refractivity contribution in [2.24, 2.45) is 0 Å². The molecule has 1 aromatic heterocycles. The molecule has 1 N–H and O–H groups in total. The summed E-state index contributed by atoms with van der Waals surface area (Å²) in [7, 11) is 0. The van der Waals surface area contributed by atoms with Crippen LogP contribution in [0.25, 0.3) is 83.3 Å². The molecule has 0 saturated carbocycles. The fourth-order valence-electron chi connectivity index (χ4n) is 9.90. The van der Waals surface area contributed by atoms with Gasteiger partial charge in [0.15, 0.2) is 0 Å². The second-order valence-electron chi connectivity index (χ2n) is 16.8. The lowest BCUT2D eigenvalue weighted by molar-refractivity contribution is 0.670. The highest BCUT2D eigenvalue weighted by Gasteiger charge is 2.22. The van der Waals surface area contributed by atoms with E-state index in [1.807, 2.05) is 6.07 Å². The molecule has 0 bridgehead atoms. The molecule has 0 radical (unpaired) electrons. The normalized spacial score (nSPS) is 12.1. The number of allylic oxidation sites excluding steroid dienone is 1. The minimum atomic E-state index is 0.893. The van der Waals surface area contributed by atoms with Gasteiger partial charge in [0.25, 0.3) is 0 Å². The van der Waals surface area contributed by atoms with Crippen LogP contribution in [0.5, 0.6) is 0 Å². The molecule has 11 aromatic rings. The summed E-state index contributed by atoms with van der Waals surface area (Å²) in [5.74, 6) is 0. The Morgan fingerprint density at radius 3 is 1.91 bits per heavy atom. The number of nitrogens with one attached hydrogen (secondary N) is 1. The number of rotatable bonds is 9. The highest BCUT2D eigenvalue weighted by Crippen LogP contribution is 2.46. The molecule has 3 heteroatoms. The Balaban J connectivity index is 1.01. The summed E-state index contributed by atoms with van der Waals surface area (Å²) in [6.45, 7) is 0. The molecule has 12 rings (SSSR count). The summed E-state index contributed by atoms with van der Waals surface area (Å²) >= 11 is 0. The maximum absolute atomic E-state index is 6.58. The molecule has 1 heterocycles. The third-order valence-electron chi connectivity index (χ3n) is 12.9. The van der Waals surface area contributed by atoms with Crippen LogP contribution in [0.2, 0.25) is 0 Å². The number of benzene rings is 10. The summed E-state index contributed by atoms with van der Waals surface area (Å²) < 4.78 is 6.58. The van der Waals surface area contributed by atoms with Gasteiger partial charge in [-0.25, -0.2) is 0 Å². The van der Waals surface area contributed by atoms with E-state index in [4.69, 9.17) is 4.42 Å². The standard InChI is InChI=1S/C62H44N2O/c1-2-18-42(19-3-1)49-24-8-12-32-58(49)63-59-33-13-9-27-53(59)54-28-10-14-34-60(54)64(47-22-16-21-44(40-47)50-30-17-31-56-55-29-11-15-35-61(55)65-62(50)56)46-38-36-43(37-39-46)57-41-45-20-4-5-23-48(45)51-25-6-7-26-52(51)57/h1-6,8-25,27-41,63H,7,26H2. The van der Waals surface area contributed by atoms with Crippen LogP contribution in [0.4, 0.5) is 28.4 Å². The number of nitrogens with zero attached hydrogens (tertiary/aromatic N) is 1. The van der Waals surface area contributed by atoms with Gasteiger partial charge in [-0.2, -0.15) is 0 Å². The molecule has 0 amide bonds. The lowest BCUT2D eigenvalue weighted by Crippen LogP contribution is -2.11. The van der Waals surface area contributed by atoms with Crippen molar-refractivity contribution in [3.8, 4) is 44.5 Å². The number of fused-ring (bicyclic) bond motifs is 6. The largest absolute Gasteiger partial charge is 0.455 e. The van der Waals surface area contributed by atoms with Crippen LogP contribution in [0, 0.1) is 0 Å². The SMILES string of the molecule is C1=Cc2c(c(-c3ccc(N(c4cccc(-c5cccc6c5oc5ccccc56)c4)c4ccccc4-c4ccccc4Nc4ccccc4-c4ccccc4)cc3)cc3ccccc23)CC1. The van der Waals surface area contributed by atoms with Crippen LogP contribution in [0.15, 0.2) is 235 Å². The average Bonchev–Trinajstić information content (AvgIpc) is 3.77. The first kappa shape index (κ1) is 38.3. The number of para-hydroxylation sites is 5. The first-order valence-electron chi connectivity index (χ1n) is 22.5. The fraction of sp³-hybridized carbons (Fsp3) is 0.0323. The van der Waals surface area contributed by atoms with E-state index in [9.17, 15) is 0 Å². The maximum Gasteiger partial charge on any atom is 0.143 e. The molecule has 0 unspecified atom stereocenters. The van der Waals surface area contributed by atoms with Gasteiger partial charge >= 0.3 is 0 Å². The Morgan fingerprint density at radius 1 is 0.415 bits per heavy atom. The van der Waals surface area contributed by atoms with Crippen molar-refractivity contribution in [3.05, 3.63) is 242 Å². The zero-order chi connectivity index (χ0) is 43.1. The molecule has 0 fully saturated rings. The quantitative estimate of drug-likeness (QED) is 0.157. The van der Waals surface area contributed by atoms with Gasteiger partial charge in [-0.1, -0.05) is 182 Å². The van der Waals surface area contributed by atoms with Crippen LogP contribution in [0.3, 0.4) is 0 Å². The molecular formula is C62H44N2O. The zero-order valence-corrected chi connectivity index (χ0v) is 35.8. The Kier molecular flexibility index (Phi) is 9.65. The van der Waals surface area contributed by atoms with Crippen molar-refractivity contribution in [2.45, 2.75) is 12.8 Å². The highest BCUT2D eigenvalue weighted by molar-refractivity contribution is 6.10. The van der Waals surface area contributed by atoms with Gasteiger partial charge in [0.2, 0.25) is 0 Å². The van der Waals surface area contributed by atoms with Crippen molar-refractivity contribution in [3.63, 3.8) is 0 Å². The first-order chi connectivity index (χ1) is 32.2. The van der Waals surface area contributed by atoms with Gasteiger partial charge < -0.3 is 14.6 Å². The molecule has 0 saturated heterocycles. The number of hydrogen-bond acceptors (Lipinski definition) is 3. The first-order valence-corrected chi connectivity index (χ1v) is 22.5. The van der Waals surface area contributed by atoms with Crippen molar-refractivity contribution < 1.29 is 4.42 Å². The molecule has 0 aliphatic heterocycles. The third-order valence-corrected chi connectivity index (χ3v) is 12.9. The number of anilines is 5. The smallest absolute Gasteiger partial charge is 0.143 e. The lowest BCUT2D eigenvalue weighted by Gasteiger charge is -2.29. The lowest BCUT2D eigenvalue weighted by atomic mass is 9.85. The third kappa shape index (κ3) is 6.95. The Bertz CT molecular complexity index is 3580. The molecule has 10 aromatic carbocycles. The number of furan rings is 1. The molecule has 0 atom stereocenters. The second kappa shape index (κ2) is 16.4. The van der Waals surface area contributed by atoms with E-state index in [-0.39, 0.29) is 0 Å². The zero-order valence-electron chi connectivity index (χ0n) is 35.8. The Labute approximate surface area is 379 Å². The molecule has 308 valence electrons. The summed E-state index contributed by atoms with van der Waals surface area (Å²) in [5, 5.41) is 8.70.